The zero-order chi connectivity index (χ0) is 13.0. The summed E-state index contributed by atoms with van der Waals surface area (Å²) in [5, 5.41) is 2.86. The van der Waals surface area contributed by atoms with Crippen LogP contribution in [0, 0.1) is 0 Å². The minimum atomic E-state index is 0.0176. The van der Waals surface area contributed by atoms with Crippen molar-refractivity contribution in [2.24, 2.45) is 0 Å². The first kappa shape index (κ1) is 13.7. The van der Waals surface area contributed by atoms with Gasteiger partial charge in [-0.3, -0.25) is 4.79 Å². The van der Waals surface area contributed by atoms with Crippen LogP contribution in [0.2, 0.25) is 0 Å². The number of hydrogen-bond donors (Lipinski definition) is 1. The molecule has 0 aliphatic heterocycles. The average molecular weight is 302 g/mol. The van der Waals surface area contributed by atoms with Gasteiger partial charge in [0.25, 0.3) is 0 Å². The Morgan fingerprint density at radius 2 is 2.12 bits per heavy atom. The Kier molecular flexibility index (Phi) is 4.68. The second-order valence-electron chi connectivity index (χ2n) is 3.76. The van der Waals surface area contributed by atoms with Crippen molar-refractivity contribution >= 4 is 33.6 Å². The third-order valence-corrected chi connectivity index (χ3v) is 2.74. The predicted molar refractivity (Wildman–Crippen MR) is 71.2 cm³/mol. The van der Waals surface area contributed by atoms with Gasteiger partial charge >= 0.3 is 0 Å². The second kappa shape index (κ2) is 5.81. The van der Waals surface area contributed by atoms with Gasteiger partial charge in [-0.05, 0) is 15.9 Å². The molecule has 1 N–H and O–H groups in total. The fraction of sp³-hybridized carbons (Fsp3) is 0.500. The highest BCUT2D eigenvalue weighted by molar-refractivity contribution is 9.10. The summed E-state index contributed by atoms with van der Waals surface area (Å²) in [5.74, 6) is 1.22. The number of likely N-dealkylation sites (N-methyl/N-ethyl adjacent to an activating group) is 2. The van der Waals surface area contributed by atoms with Crippen LogP contribution in [0.5, 0.6) is 0 Å². The first-order chi connectivity index (χ1) is 7.95. The molecular weight excluding hydrogens is 286 g/mol. The number of carbonyl (C=O) groups excluding carboxylic acids is 1. The van der Waals surface area contributed by atoms with E-state index in [4.69, 9.17) is 0 Å². The summed E-state index contributed by atoms with van der Waals surface area (Å²) in [4.78, 5) is 23.3. The minimum absolute atomic E-state index is 0.0176. The summed E-state index contributed by atoms with van der Waals surface area (Å²) in [6.07, 6.45) is 1.66. The molecule has 1 rings (SSSR count). The summed E-state index contributed by atoms with van der Waals surface area (Å²) < 4.78 is 0.755. The normalized spacial score (nSPS) is 9.94. The molecule has 0 radical (unpaired) electrons. The predicted octanol–water partition coefficient (Wildman–Crippen LogP) is 0.805. The maximum absolute atomic E-state index is 11.6. The number of aromatic nitrogens is 2. The molecule has 0 aliphatic rings. The highest BCUT2D eigenvalue weighted by atomic mass is 79.9. The van der Waals surface area contributed by atoms with Crippen LogP contribution in [0.25, 0.3) is 0 Å². The van der Waals surface area contributed by atoms with Gasteiger partial charge in [0.2, 0.25) is 11.9 Å². The lowest BCUT2D eigenvalue weighted by atomic mass is 10.4. The van der Waals surface area contributed by atoms with E-state index in [1.165, 1.54) is 0 Å². The summed E-state index contributed by atoms with van der Waals surface area (Å²) >= 11 is 3.37. The molecule has 0 saturated carbocycles. The van der Waals surface area contributed by atoms with Gasteiger partial charge in [-0.2, -0.15) is 4.98 Å². The van der Waals surface area contributed by atoms with Crippen molar-refractivity contribution in [1.82, 2.24) is 14.9 Å². The van der Waals surface area contributed by atoms with Crippen LogP contribution in [0.4, 0.5) is 11.8 Å². The number of halogens is 1. The molecule has 0 saturated heterocycles. The topological polar surface area (TPSA) is 61.4 Å². The summed E-state index contributed by atoms with van der Waals surface area (Å²) in [6.45, 7) is 0.270. The van der Waals surface area contributed by atoms with Crippen LogP contribution in [-0.2, 0) is 4.79 Å². The molecule has 0 atom stereocenters. The third-order valence-electron chi connectivity index (χ3n) is 2.18. The molecule has 0 spiro atoms. The summed E-state index contributed by atoms with van der Waals surface area (Å²) in [7, 11) is 7.01. The van der Waals surface area contributed by atoms with Crippen molar-refractivity contribution in [2.45, 2.75) is 0 Å². The highest BCUT2D eigenvalue weighted by Crippen LogP contribution is 2.22. The molecule has 1 aromatic rings. The summed E-state index contributed by atoms with van der Waals surface area (Å²) in [6, 6.07) is 0. The minimum Gasteiger partial charge on any atom is -0.357 e. The molecule has 1 aromatic heterocycles. The fourth-order valence-electron chi connectivity index (χ4n) is 1.17. The lowest BCUT2D eigenvalue weighted by molar-refractivity contribution is -0.127. The van der Waals surface area contributed by atoms with Crippen molar-refractivity contribution in [1.29, 1.82) is 0 Å². The van der Waals surface area contributed by atoms with E-state index in [0.29, 0.717) is 11.8 Å². The smallest absolute Gasteiger partial charge is 0.241 e. The van der Waals surface area contributed by atoms with E-state index in [2.05, 4.69) is 31.2 Å². The Morgan fingerprint density at radius 3 is 2.65 bits per heavy atom. The van der Waals surface area contributed by atoms with Gasteiger partial charge in [-0.1, -0.05) is 0 Å². The van der Waals surface area contributed by atoms with E-state index in [0.717, 1.165) is 4.47 Å². The maximum Gasteiger partial charge on any atom is 0.241 e. The van der Waals surface area contributed by atoms with Crippen molar-refractivity contribution < 1.29 is 4.79 Å². The lowest BCUT2D eigenvalue weighted by Crippen LogP contribution is -2.35. The molecule has 0 fully saturated rings. The Bertz CT molecular complexity index is 410. The Balaban J connectivity index is 2.87. The Labute approximate surface area is 109 Å². The van der Waals surface area contributed by atoms with E-state index < -0.39 is 0 Å². The number of nitrogens with zero attached hydrogens (tertiary/aromatic N) is 4. The molecule has 0 aliphatic carbocycles. The van der Waals surface area contributed by atoms with E-state index in [-0.39, 0.29) is 12.5 Å². The number of hydrogen-bond acceptors (Lipinski definition) is 5. The molecule has 6 nitrogen and oxygen atoms in total. The first-order valence-corrected chi connectivity index (χ1v) is 5.86. The van der Waals surface area contributed by atoms with Gasteiger partial charge in [0.1, 0.15) is 5.82 Å². The molecule has 0 aromatic carbocycles. The van der Waals surface area contributed by atoms with Gasteiger partial charge in [-0.25, -0.2) is 4.98 Å². The standard InChI is InChI=1S/C10H16BrN5O/c1-12-10-13-5-7(11)9(14-10)16(4)6-8(17)15(2)3/h5H,6H2,1-4H3,(H,12,13,14). The van der Waals surface area contributed by atoms with Crippen LogP contribution in [0.15, 0.2) is 10.7 Å². The van der Waals surface area contributed by atoms with Crippen LogP contribution in [-0.4, -0.2) is 55.5 Å². The average Bonchev–Trinajstić information content (AvgIpc) is 2.29. The molecule has 94 valence electrons. The second-order valence-corrected chi connectivity index (χ2v) is 4.61. The van der Waals surface area contributed by atoms with E-state index in [1.54, 1.807) is 37.1 Å². The zero-order valence-electron chi connectivity index (χ0n) is 10.4. The van der Waals surface area contributed by atoms with Crippen molar-refractivity contribution in [2.75, 3.05) is 45.0 Å². The molecule has 1 heterocycles. The molecule has 17 heavy (non-hydrogen) atoms. The third kappa shape index (κ3) is 3.55. The van der Waals surface area contributed by atoms with E-state index in [1.807, 2.05) is 7.05 Å². The SMILES string of the molecule is CNc1ncc(Br)c(N(C)CC(=O)N(C)C)n1. The van der Waals surface area contributed by atoms with Gasteiger partial charge < -0.3 is 15.1 Å². The number of amides is 1. The zero-order valence-corrected chi connectivity index (χ0v) is 11.9. The van der Waals surface area contributed by atoms with Gasteiger partial charge in [-0.15, -0.1) is 0 Å². The van der Waals surface area contributed by atoms with Crippen molar-refractivity contribution in [3.63, 3.8) is 0 Å². The molecular formula is C10H16BrN5O. The quantitative estimate of drug-likeness (QED) is 0.891. The molecule has 1 amide bonds. The van der Waals surface area contributed by atoms with Crippen LogP contribution >= 0.6 is 15.9 Å². The molecule has 0 unspecified atom stereocenters. The van der Waals surface area contributed by atoms with Crippen LogP contribution < -0.4 is 10.2 Å². The van der Waals surface area contributed by atoms with Crippen molar-refractivity contribution in [3.05, 3.63) is 10.7 Å². The maximum atomic E-state index is 11.6. The van der Waals surface area contributed by atoms with Gasteiger partial charge in [0.15, 0.2) is 0 Å². The van der Waals surface area contributed by atoms with Gasteiger partial charge in [0, 0.05) is 34.4 Å². The van der Waals surface area contributed by atoms with Crippen LogP contribution in [0.1, 0.15) is 0 Å². The number of rotatable bonds is 4. The Morgan fingerprint density at radius 1 is 1.47 bits per heavy atom. The monoisotopic (exact) mass is 301 g/mol. The lowest BCUT2D eigenvalue weighted by Gasteiger charge is -2.21. The molecule has 7 heteroatoms. The first-order valence-electron chi connectivity index (χ1n) is 5.07. The number of anilines is 2. The number of nitrogens with one attached hydrogen (secondary N) is 1. The number of carbonyl (C=O) groups is 1. The Hall–Kier alpha value is -1.37. The van der Waals surface area contributed by atoms with Crippen molar-refractivity contribution in [3.8, 4) is 0 Å². The van der Waals surface area contributed by atoms with Gasteiger partial charge in [0.05, 0.1) is 11.0 Å². The van der Waals surface area contributed by atoms with Crippen LogP contribution in [0.3, 0.4) is 0 Å². The highest BCUT2D eigenvalue weighted by Gasteiger charge is 2.13. The fourth-order valence-corrected chi connectivity index (χ4v) is 1.66. The summed E-state index contributed by atoms with van der Waals surface area (Å²) in [5.41, 5.74) is 0. The largest absolute Gasteiger partial charge is 0.357 e. The van der Waals surface area contributed by atoms with E-state index >= 15 is 0 Å². The van der Waals surface area contributed by atoms with E-state index in [9.17, 15) is 4.79 Å². The molecule has 0 bridgehead atoms.